The van der Waals surface area contributed by atoms with Gasteiger partial charge in [-0.05, 0) is 24.6 Å². The third kappa shape index (κ3) is 2.74. The van der Waals surface area contributed by atoms with Crippen LogP contribution in [0.1, 0.15) is 12.5 Å². The number of carboxylic acid groups (broad SMARTS) is 1. The van der Waals surface area contributed by atoms with Crippen molar-refractivity contribution in [1.82, 2.24) is 0 Å². The van der Waals surface area contributed by atoms with E-state index in [-0.39, 0.29) is 4.90 Å². The molecule has 0 saturated heterocycles. The first-order valence-electron chi connectivity index (χ1n) is 5.05. The molecule has 0 spiro atoms. The quantitative estimate of drug-likeness (QED) is 0.865. The fourth-order valence-electron chi connectivity index (χ4n) is 1.42. The number of aliphatic carboxylic acids is 1. The number of rotatable bonds is 4. The van der Waals surface area contributed by atoms with Crippen LogP contribution in [0.25, 0.3) is 0 Å². The Morgan fingerprint density at radius 2 is 1.63 bits per heavy atom. The van der Waals surface area contributed by atoms with E-state index in [4.69, 9.17) is 5.11 Å². The number of hydrogen-bond donors (Lipinski definition) is 2. The molecule has 8 heteroatoms. The monoisotopic (exact) mass is 294 g/mol. The van der Waals surface area contributed by atoms with Gasteiger partial charge < -0.3 is 10.2 Å². The van der Waals surface area contributed by atoms with Gasteiger partial charge in [0.2, 0.25) is 0 Å². The van der Waals surface area contributed by atoms with Crippen LogP contribution in [0.5, 0.6) is 0 Å². The van der Waals surface area contributed by atoms with Gasteiger partial charge in [-0.1, -0.05) is 12.1 Å². The molecule has 1 atom stereocenters. The highest BCUT2D eigenvalue weighted by molar-refractivity contribution is 7.90. The Hall–Kier alpha value is -1.54. The average molecular weight is 294 g/mol. The lowest BCUT2D eigenvalue weighted by atomic mass is 9.89. The molecule has 0 fully saturated rings. The number of halogens is 2. The third-order valence-corrected chi connectivity index (χ3v) is 3.85. The largest absolute Gasteiger partial charge is 0.477 e. The number of carbonyl (C=O) groups is 1. The highest BCUT2D eigenvalue weighted by atomic mass is 32.2. The van der Waals surface area contributed by atoms with Crippen LogP contribution in [-0.2, 0) is 20.2 Å². The molecule has 0 bridgehead atoms. The zero-order valence-electron chi connectivity index (χ0n) is 10.1. The van der Waals surface area contributed by atoms with Gasteiger partial charge in [-0.2, -0.15) is 8.78 Å². The van der Waals surface area contributed by atoms with E-state index in [1.807, 2.05) is 0 Å². The summed E-state index contributed by atoms with van der Waals surface area (Å²) in [4.78, 5) is 10.3. The van der Waals surface area contributed by atoms with Crippen LogP contribution < -0.4 is 0 Å². The predicted octanol–water partition coefficient (Wildman–Crippen LogP) is 1.02. The van der Waals surface area contributed by atoms with Crippen LogP contribution in [0.15, 0.2) is 29.2 Å². The topological polar surface area (TPSA) is 91.7 Å². The fraction of sp³-hybridized carbons (Fsp3) is 0.364. The summed E-state index contributed by atoms with van der Waals surface area (Å²) < 4.78 is 49.1. The minimum atomic E-state index is -4.40. The van der Waals surface area contributed by atoms with Gasteiger partial charge in [0.05, 0.1) is 4.90 Å². The lowest BCUT2D eigenvalue weighted by molar-refractivity contribution is -0.207. The van der Waals surface area contributed by atoms with Crippen molar-refractivity contribution in [3.8, 4) is 0 Å². The summed E-state index contributed by atoms with van der Waals surface area (Å²) in [6, 6.07) is 3.95. The van der Waals surface area contributed by atoms with E-state index >= 15 is 0 Å². The molecule has 0 amide bonds. The molecule has 1 rings (SSSR count). The summed E-state index contributed by atoms with van der Waals surface area (Å²) in [5.74, 6) is -6.87. The van der Waals surface area contributed by atoms with Gasteiger partial charge in [0.15, 0.2) is 15.4 Å². The van der Waals surface area contributed by atoms with E-state index in [0.29, 0.717) is 6.92 Å². The lowest BCUT2D eigenvalue weighted by Gasteiger charge is -2.29. The van der Waals surface area contributed by atoms with Crippen molar-refractivity contribution in [1.29, 1.82) is 0 Å². The second kappa shape index (κ2) is 4.53. The Balaban J connectivity index is 3.28. The Morgan fingerprint density at radius 1 is 1.21 bits per heavy atom. The van der Waals surface area contributed by atoms with Crippen LogP contribution in [0.4, 0.5) is 8.78 Å². The lowest BCUT2D eigenvalue weighted by Crippen LogP contribution is -2.48. The van der Waals surface area contributed by atoms with Crippen molar-refractivity contribution in [2.24, 2.45) is 0 Å². The number of alkyl halides is 2. The van der Waals surface area contributed by atoms with E-state index < -0.39 is 32.9 Å². The SMILES string of the molecule is CC(O)(c1ccc(S(C)(=O)=O)cc1)C(F)(F)C(=O)O. The highest BCUT2D eigenvalue weighted by Gasteiger charge is 2.56. The van der Waals surface area contributed by atoms with Crippen molar-refractivity contribution >= 4 is 15.8 Å². The minimum Gasteiger partial charge on any atom is -0.477 e. The molecule has 2 N–H and O–H groups in total. The van der Waals surface area contributed by atoms with E-state index in [0.717, 1.165) is 30.5 Å². The molecular weight excluding hydrogens is 282 g/mol. The fourth-order valence-corrected chi connectivity index (χ4v) is 2.05. The van der Waals surface area contributed by atoms with E-state index in [1.54, 1.807) is 0 Å². The predicted molar refractivity (Wildman–Crippen MR) is 61.7 cm³/mol. The number of hydrogen-bond acceptors (Lipinski definition) is 4. The molecule has 5 nitrogen and oxygen atoms in total. The molecular formula is C11H12F2O5S. The number of carboxylic acids is 1. The molecule has 106 valence electrons. The van der Waals surface area contributed by atoms with Crippen molar-refractivity contribution in [3.05, 3.63) is 29.8 Å². The molecule has 0 aliphatic heterocycles. The van der Waals surface area contributed by atoms with Crippen molar-refractivity contribution in [2.45, 2.75) is 23.3 Å². The Bertz CT molecular complexity index is 590. The number of benzene rings is 1. The van der Waals surface area contributed by atoms with Gasteiger partial charge in [-0.25, -0.2) is 13.2 Å². The Kier molecular flexibility index (Phi) is 3.70. The first-order chi connectivity index (χ1) is 8.40. The number of sulfone groups is 1. The summed E-state index contributed by atoms with van der Waals surface area (Å²) in [5, 5.41) is 18.1. The smallest absolute Gasteiger partial charge is 0.378 e. The van der Waals surface area contributed by atoms with E-state index in [9.17, 15) is 27.1 Å². The molecule has 0 aliphatic carbocycles. The molecule has 0 radical (unpaired) electrons. The van der Waals surface area contributed by atoms with Crippen molar-refractivity contribution in [2.75, 3.05) is 6.26 Å². The molecule has 0 saturated carbocycles. The summed E-state index contributed by atoms with van der Waals surface area (Å²) in [7, 11) is -3.50. The number of aliphatic hydroxyl groups is 1. The van der Waals surface area contributed by atoms with Gasteiger partial charge in [-0.15, -0.1) is 0 Å². The summed E-state index contributed by atoms with van der Waals surface area (Å²) >= 11 is 0. The molecule has 0 aromatic heterocycles. The zero-order valence-corrected chi connectivity index (χ0v) is 10.9. The summed E-state index contributed by atoms with van der Waals surface area (Å²) in [5.41, 5.74) is -3.35. The van der Waals surface area contributed by atoms with E-state index in [1.165, 1.54) is 0 Å². The Morgan fingerprint density at radius 3 is 1.95 bits per heavy atom. The molecule has 0 heterocycles. The second-order valence-corrected chi connectivity index (χ2v) is 6.26. The Labute approximate surface area is 108 Å². The van der Waals surface area contributed by atoms with Gasteiger partial charge in [0.25, 0.3) is 0 Å². The van der Waals surface area contributed by atoms with Crippen LogP contribution >= 0.6 is 0 Å². The van der Waals surface area contributed by atoms with Crippen LogP contribution in [0.3, 0.4) is 0 Å². The molecule has 1 aromatic rings. The normalized spacial score (nSPS) is 15.8. The van der Waals surface area contributed by atoms with Crippen LogP contribution in [0, 0.1) is 0 Å². The van der Waals surface area contributed by atoms with Gasteiger partial charge >= 0.3 is 11.9 Å². The van der Waals surface area contributed by atoms with Gasteiger partial charge in [-0.3, -0.25) is 0 Å². The first-order valence-corrected chi connectivity index (χ1v) is 6.94. The molecule has 1 unspecified atom stereocenters. The van der Waals surface area contributed by atoms with E-state index in [2.05, 4.69) is 0 Å². The van der Waals surface area contributed by atoms with Crippen LogP contribution in [0.2, 0.25) is 0 Å². The third-order valence-electron chi connectivity index (χ3n) is 2.72. The van der Waals surface area contributed by atoms with Crippen molar-refractivity contribution < 1.29 is 32.2 Å². The van der Waals surface area contributed by atoms with Gasteiger partial charge in [0.1, 0.15) is 0 Å². The van der Waals surface area contributed by atoms with Crippen LogP contribution in [-0.4, -0.2) is 36.8 Å². The maximum absolute atomic E-state index is 13.4. The average Bonchev–Trinajstić information content (AvgIpc) is 2.27. The zero-order chi connectivity index (χ0) is 15.1. The maximum atomic E-state index is 13.4. The first kappa shape index (κ1) is 15.5. The highest BCUT2D eigenvalue weighted by Crippen LogP contribution is 2.37. The minimum absolute atomic E-state index is 0.120. The summed E-state index contributed by atoms with van der Waals surface area (Å²) in [6.07, 6.45) is 0.937. The standard InChI is InChI=1S/C11H12F2O5S/c1-10(16,11(12,13)9(14)15)7-3-5-8(6-4-7)19(2,17)18/h3-6,16H,1-2H3,(H,14,15). The van der Waals surface area contributed by atoms with Gasteiger partial charge in [0, 0.05) is 6.26 Å². The van der Waals surface area contributed by atoms with Crippen molar-refractivity contribution in [3.63, 3.8) is 0 Å². The summed E-state index contributed by atoms with van der Waals surface area (Å²) in [6.45, 7) is 0.649. The molecule has 19 heavy (non-hydrogen) atoms. The molecule has 0 aliphatic rings. The second-order valence-electron chi connectivity index (χ2n) is 4.25. The maximum Gasteiger partial charge on any atom is 0.378 e. The molecule has 1 aromatic carbocycles.